The number of ether oxygens (including phenoxy) is 1. The smallest absolute Gasteiger partial charge is 0.222 e. The number of hydrogen-bond acceptors (Lipinski definition) is 7. The summed E-state index contributed by atoms with van der Waals surface area (Å²) in [6.07, 6.45) is 6.26. The van der Waals surface area contributed by atoms with Crippen LogP contribution in [0, 0.1) is 5.92 Å². The standard InChI is InChI=1S/C18H29N5O2/c1-4-5-15(6-7-24)22-17-16(10-21-18(19)23-17)25-11-14-8-13(3)20-9-12(14)2/h8,10,12,15,24H,4-7,9,11H2,1-3H3,(H3,19,21,22,23)/t12?,15-/m0/s1. The molecule has 0 amide bonds. The number of rotatable bonds is 9. The summed E-state index contributed by atoms with van der Waals surface area (Å²) in [7, 11) is 0. The molecule has 1 aromatic heterocycles. The molecule has 0 aromatic carbocycles. The number of aliphatic hydroxyl groups excluding tert-OH is 1. The average molecular weight is 347 g/mol. The van der Waals surface area contributed by atoms with Crippen molar-refractivity contribution in [3.63, 3.8) is 0 Å². The predicted octanol–water partition coefficient (Wildman–Crippen LogP) is 2.44. The third-order valence-corrected chi connectivity index (χ3v) is 4.27. The molecular formula is C18H29N5O2. The third kappa shape index (κ3) is 5.70. The van der Waals surface area contributed by atoms with Gasteiger partial charge in [0.2, 0.25) is 5.95 Å². The normalized spacial score (nSPS) is 18.3. The first-order valence-corrected chi connectivity index (χ1v) is 8.87. The summed E-state index contributed by atoms with van der Waals surface area (Å²) in [6.45, 7) is 7.63. The van der Waals surface area contributed by atoms with E-state index in [9.17, 15) is 5.11 Å². The zero-order valence-electron chi connectivity index (χ0n) is 15.3. The number of allylic oxidation sites excluding steroid dienone is 1. The number of aliphatic imine (C=N–C) groups is 1. The lowest BCUT2D eigenvalue weighted by Gasteiger charge is -2.22. The van der Waals surface area contributed by atoms with Gasteiger partial charge in [-0.25, -0.2) is 4.98 Å². The molecule has 0 fully saturated rings. The number of hydrogen-bond donors (Lipinski definition) is 3. The first-order valence-electron chi connectivity index (χ1n) is 8.87. The van der Waals surface area contributed by atoms with Crippen LogP contribution in [0.1, 0.15) is 40.0 Å². The minimum Gasteiger partial charge on any atom is -0.484 e. The first-order chi connectivity index (χ1) is 12.0. The minimum atomic E-state index is 0.119. The highest BCUT2D eigenvalue weighted by Gasteiger charge is 2.17. The maximum atomic E-state index is 9.25. The Morgan fingerprint density at radius 2 is 2.24 bits per heavy atom. The molecule has 7 heteroatoms. The van der Waals surface area contributed by atoms with Gasteiger partial charge in [0.15, 0.2) is 11.6 Å². The van der Waals surface area contributed by atoms with Crippen LogP contribution in [0.3, 0.4) is 0 Å². The van der Waals surface area contributed by atoms with Crippen LogP contribution in [-0.4, -0.2) is 46.6 Å². The Morgan fingerprint density at radius 1 is 1.44 bits per heavy atom. The molecule has 2 atom stereocenters. The Hall–Kier alpha value is -2.15. The molecule has 2 rings (SSSR count). The average Bonchev–Trinajstić information content (AvgIpc) is 2.57. The molecule has 1 aliphatic rings. The van der Waals surface area contributed by atoms with Crippen LogP contribution in [0.15, 0.2) is 22.8 Å². The van der Waals surface area contributed by atoms with Crippen LogP contribution in [0.2, 0.25) is 0 Å². The zero-order chi connectivity index (χ0) is 18.2. The number of anilines is 2. The molecule has 1 aromatic rings. The van der Waals surface area contributed by atoms with Crippen molar-refractivity contribution in [2.45, 2.75) is 46.1 Å². The van der Waals surface area contributed by atoms with Gasteiger partial charge in [0, 0.05) is 30.8 Å². The number of nitrogens with one attached hydrogen (secondary N) is 1. The van der Waals surface area contributed by atoms with Gasteiger partial charge in [-0.1, -0.05) is 20.3 Å². The van der Waals surface area contributed by atoms with E-state index in [1.54, 1.807) is 6.20 Å². The summed E-state index contributed by atoms with van der Waals surface area (Å²) in [5, 5.41) is 12.6. The topological polar surface area (TPSA) is 106 Å². The summed E-state index contributed by atoms with van der Waals surface area (Å²) >= 11 is 0. The summed E-state index contributed by atoms with van der Waals surface area (Å²) in [5.41, 5.74) is 7.96. The summed E-state index contributed by atoms with van der Waals surface area (Å²) in [6, 6.07) is 0.119. The van der Waals surface area contributed by atoms with Crippen LogP contribution < -0.4 is 15.8 Å². The molecule has 0 bridgehead atoms. The Bertz CT molecular complexity index is 624. The van der Waals surface area contributed by atoms with Crippen molar-refractivity contribution in [1.82, 2.24) is 9.97 Å². The molecule has 25 heavy (non-hydrogen) atoms. The molecule has 1 unspecified atom stereocenters. The molecule has 0 spiro atoms. The van der Waals surface area contributed by atoms with Crippen molar-refractivity contribution in [3.05, 3.63) is 17.8 Å². The first kappa shape index (κ1) is 19.2. The van der Waals surface area contributed by atoms with E-state index in [-0.39, 0.29) is 18.6 Å². The second-order valence-corrected chi connectivity index (χ2v) is 6.47. The SMILES string of the molecule is CCC[C@@H](CCO)Nc1nc(N)ncc1OCC1=CC(C)=NCC1C. The molecule has 2 heterocycles. The fraction of sp³-hybridized carbons (Fsp3) is 0.611. The third-order valence-electron chi connectivity index (χ3n) is 4.27. The van der Waals surface area contributed by atoms with Gasteiger partial charge in [0.1, 0.15) is 6.61 Å². The van der Waals surface area contributed by atoms with Crippen LogP contribution in [0.5, 0.6) is 5.75 Å². The van der Waals surface area contributed by atoms with E-state index in [2.05, 4.69) is 40.2 Å². The van der Waals surface area contributed by atoms with E-state index in [4.69, 9.17) is 10.5 Å². The fourth-order valence-corrected chi connectivity index (χ4v) is 2.78. The molecular weight excluding hydrogens is 318 g/mol. The van der Waals surface area contributed by atoms with Crippen molar-refractivity contribution in [3.8, 4) is 5.75 Å². The van der Waals surface area contributed by atoms with Gasteiger partial charge in [-0.2, -0.15) is 4.98 Å². The quantitative estimate of drug-likeness (QED) is 0.633. The Labute approximate surface area is 149 Å². The van der Waals surface area contributed by atoms with Gasteiger partial charge in [-0.05, 0) is 31.4 Å². The highest BCUT2D eigenvalue weighted by molar-refractivity contribution is 5.94. The second kappa shape index (κ2) is 9.36. The highest BCUT2D eigenvalue weighted by atomic mass is 16.5. The van der Waals surface area contributed by atoms with E-state index in [1.807, 2.05) is 6.92 Å². The lowest BCUT2D eigenvalue weighted by molar-refractivity contribution is 0.276. The van der Waals surface area contributed by atoms with Gasteiger partial charge < -0.3 is 20.9 Å². The van der Waals surface area contributed by atoms with Crippen LogP contribution in [0.4, 0.5) is 11.8 Å². The molecule has 7 nitrogen and oxygen atoms in total. The van der Waals surface area contributed by atoms with Crippen molar-refractivity contribution < 1.29 is 9.84 Å². The van der Waals surface area contributed by atoms with E-state index in [0.717, 1.165) is 25.1 Å². The van der Waals surface area contributed by atoms with E-state index < -0.39 is 0 Å². The van der Waals surface area contributed by atoms with E-state index in [0.29, 0.717) is 30.5 Å². The Balaban J connectivity index is 2.11. The molecule has 4 N–H and O–H groups in total. The molecule has 138 valence electrons. The molecule has 0 aliphatic carbocycles. The zero-order valence-corrected chi connectivity index (χ0v) is 15.3. The van der Waals surface area contributed by atoms with Crippen molar-refractivity contribution in [2.24, 2.45) is 10.9 Å². The van der Waals surface area contributed by atoms with E-state index in [1.165, 1.54) is 5.57 Å². The van der Waals surface area contributed by atoms with Crippen molar-refractivity contribution in [2.75, 3.05) is 30.8 Å². The van der Waals surface area contributed by atoms with Gasteiger partial charge in [0.25, 0.3) is 0 Å². The van der Waals surface area contributed by atoms with E-state index >= 15 is 0 Å². The summed E-state index contributed by atoms with van der Waals surface area (Å²) < 4.78 is 5.98. The van der Waals surface area contributed by atoms with Gasteiger partial charge >= 0.3 is 0 Å². The monoisotopic (exact) mass is 347 g/mol. The minimum absolute atomic E-state index is 0.119. The second-order valence-electron chi connectivity index (χ2n) is 6.47. The number of nitrogen functional groups attached to an aromatic ring is 1. The molecule has 1 aliphatic heterocycles. The maximum absolute atomic E-state index is 9.25. The number of aliphatic hydroxyl groups is 1. The van der Waals surface area contributed by atoms with Gasteiger partial charge in [-0.3, -0.25) is 4.99 Å². The lowest BCUT2D eigenvalue weighted by atomic mass is 9.98. The summed E-state index contributed by atoms with van der Waals surface area (Å²) in [5.74, 6) is 1.70. The number of aromatic nitrogens is 2. The largest absolute Gasteiger partial charge is 0.484 e. The Morgan fingerprint density at radius 3 is 2.96 bits per heavy atom. The van der Waals surface area contributed by atoms with Gasteiger partial charge in [-0.15, -0.1) is 0 Å². The molecule has 0 radical (unpaired) electrons. The molecule has 0 saturated heterocycles. The number of dihydropyridines is 1. The van der Waals surface area contributed by atoms with Crippen LogP contribution in [-0.2, 0) is 0 Å². The maximum Gasteiger partial charge on any atom is 0.222 e. The van der Waals surface area contributed by atoms with Crippen LogP contribution in [0.25, 0.3) is 0 Å². The van der Waals surface area contributed by atoms with Crippen molar-refractivity contribution in [1.29, 1.82) is 0 Å². The highest BCUT2D eigenvalue weighted by Crippen LogP contribution is 2.26. The van der Waals surface area contributed by atoms with Gasteiger partial charge in [0.05, 0.1) is 6.20 Å². The van der Waals surface area contributed by atoms with Crippen molar-refractivity contribution >= 4 is 17.5 Å². The number of nitrogens with zero attached hydrogens (tertiary/aromatic N) is 3. The Kier molecular flexibility index (Phi) is 7.18. The molecule has 0 saturated carbocycles. The predicted molar refractivity (Wildman–Crippen MR) is 101 cm³/mol. The summed E-state index contributed by atoms with van der Waals surface area (Å²) in [4.78, 5) is 12.8. The fourth-order valence-electron chi connectivity index (χ4n) is 2.78. The number of nitrogens with two attached hydrogens (primary N) is 1. The lowest BCUT2D eigenvalue weighted by Crippen LogP contribution is -2.23. The van der Waals surface area contributed by atoms with Crippen LogP contribution >= 0.6 is 0 Å².